The minimum Gasteiger partial charge on any atom is -0.247 e. The van der Waals surface area contributed by atoms with E-state index in [4.69, 9.17) is 0 Å². The van der Waals surface area contributed by atoms with Crippen molar-refractivity contribution in [2.45, 2.75) is 26.7 Å². The van der Waals surface area contributed by atoms with Crippen molar-refractivity contribution in [3.8, 4) is 0 Å². The molecular formula is C9H17N3O2S2. The predicted octanol–water partition coefficient (Wildman–Crippen LogP) is 0.828. The van der Waals surface area contributed by atoms with Crippen molar-refractivity contribution in [2.24, 2.45) is 0 Å². The van der Waals surface area contributed by atoms with E-state index in [0.717, 1.165) is 17.1 Å². The van der Waals surface area contributed by atoms with Gasteiger partial charge >= 0.3 is 0 Å². The summed E-state index contributed by atoms with van der Waals surface area (Å²) in [5.74, 6) is 0. The van der Waals surface area contributed by atoms with Crippen LogP contribution < -0.4 is 9.44 Å². The zero-order valence-electron chi connectivity index (χ0n) is 9.49. The van der Waals surface area contributed by atoms with Crippen LogP contribution in [0.3, 0.4) is 0 Å². The van der Waals surface area contributed by atoms with Crippen molar-refractivity contribution in [2.75, 3.05) is 13.1 Å². The molecule has 16 heavy (non-hydrogen) atoms. The second kappa shape index (κ2) is 6.29. The molecule has 0 radical (unpaired) electrons. The van der Waals surface area contributed by atoms with E-state index in [0.29, 0.717) is 19.5 Å². The van der Waals surface area contributed by atoms with Crippen LogP contribution >= 0.6 is 11.3 Å². The summed E-state index contributed by atoms with van der Waals surface area (Å²) in [6.45, 7) is 4.69. The molecule has 0 amide bonds. The molecule has 0 fully saturated rings. The minimum atomic E-state index is -3.33. The largest absolute Gasteiger partial charge is 0.276 e. The van der Waals surface area contributed by atoms with Gasteiger partial charge in [-0.1, -0.05) is 6.92 Å². The molecule has 5 nitrogen and oxygen atoms in total. The lowest BCUT2D eigenvalue weighted by Gasteiger charge is -2.06. The molecule has 0 bridgehead atoms. The summed E-state index contributed by atoms with van der Waals surface area (Å²) < 4.78 is 27.6. The molecule has 0 saturated heterocycles. The fourth-order valence-corrected chi connectivity index (χ4v) is 2.72. The lowest BCUT2D eigenvalue weighted by atomic mass is 10.3. The van der Waals surface area contributed by atoms with E-state index in [9.17, 15) is 8.42 Å². The van der Waals surface area contributed by atoms with E-state index in [-0.39, 0.29) is 0 Å². The van der Waals surface area contributed by atoms with Crippen LogP contribution in [-0.4, -0.2) is 26.5 Å². The zero-order chi connectivity index (χ0) is 12.0. The number of nitrogens with zero attached hydrogens (tertiary/aromatic N) is 1. The number of thiazole rings is 1. The third kappa shape index (κ3) is 5.02. The summed E-state index contributed by atoms with van der Waals surface area (Å²) in [6, 6.07) is 0. The standard InChI is InChI=1S/C9H17N3O2S2/c1-3-5-10-16(13,14)11-6-4-9-7-15-8(2)12-9/h7,10-11H,3-6H2,1-2H3. The quantitative estimate of drug-likeness (QED) is 0.765. The Kier molecular flexibility index (Phi) is 5.33. The fraction of sp³-hybridized carbons (Fsp3) is 0.667. The van der Waals surface area contributed by atoms with E-state index in [1.54, 1.807) is 11.3 Å². The van der Waals surface area contributed by atoms with E-state index in [1.807, 2.05) is 19.2 Å². The Balaban J connectivity index is 2.29. The first-order valence-electron chi connectivity index (χ1n) is 5.19. The van der Waals surface area contributed by atoms with Gasteiger partial charge in [0.05, 0.1) is 10.7 Å². The number of rotatable bonds is 7. The molecule has 92 valence electrons. The number of aromatic nitrogens is 1. The van der Waals surface area contributed by atoms with Crippen molar-refractivity contribution < 1.29 is 8.42 Å². The normalized spacial score (nSPS) is 11.9. The maximum atomic E-state index is 11.3. The van der Waals surface area contributed by atoms with Crippen LogP contribution in [0.25, 0.3) is 0 Å². The van der Waals surface area contributed by atoms with E-state index >= 15 is 0 Å². The first-order chi connectivity index (χ1) is 7.53. The van der Waals surface area contributed by atoms with Crippen LogP contribution in [0.4, 0.5) is 0 Å². The zero-order valence-corrected chi connectivity index (χ0v) is 11.1. The summed E-state index contributed by atoms with van der Waals surface area (Å²) in [5, 5.41) is 2.95. The van der Waals surface area contributed by atoms with Crippen molar-refractivity contribution in [1.82, 2.24) is 14.4 Å². The van der Waals surface area contributed by atoms with Crippen molar-refractivity contribution in [1.29, 1.82) is 0 Å². The SMILES string of the molecule is CCCNS(=O)(=O)NCCc1csc(C)n1. The monoisotopic (exact) mass is 263 g/mol. The van der Waals surface area contributed by atoms with Gasteiger partial charge in [0.25, 0.3) is 10.2 Å². The van der Waals surface area contributed by atoms with E-state index < -0.39 is 10.2 Å². The second-order valence-corrected chi connectivity index (χ2v) is 6.05. The highest BCUT2D eigenvalue weighted by atomic mass is 32.2. The Morgan fingerprint density at radius 3 is 2.62 bits per heavy atom. The molecule has 7 heteroatoms. The molecule has 0 atom stereocenters. The average molecular weight is 263 g/mol. The van der Waals surface area contributed by atoms with E-state index in [1.165, 1.54) is 0 Å². The predicted molar refractivity (Wildman–Crippen MR) is 65.8 cm³/mol. The van der Waals surface area contributed by atoms with Gasteiger partial charge in [-0.2, -0.15) is 8.42 Å². The van der Waals surface area contributed by atoms with Gasteiger partial charge in [0.1, 0.15) is 0 Å². The van der Waals surface area contributed by atoms with Gasteiger partial charge in [-0.05, 0) is 13.3 Å². The molecule has 0 aliphatic carbocycles. The highest BCUT2D eigenvalue weighted by molar-refractivity contribution is 7.87. The summed E-state index contributed by atoms with van der Waals surface area (Å²) in [6.07, 6.45) is 1.41. The molecule has 0 unspecified atom stereocenters. The third-order valence-electron chi connectivity index (χ3n) is 1.88. The summed E-state index contributed by atoms with van der Waals surface area (Å²) in [4.78, 5) is 4.26. The molecule has 1 aromatic heterocycles. The Morgan fingerprint density at radius 1 is 1.38 bits per heavy atom. The van der Waals surface area contributed by atoms with Crippen LogP contribution in [0.5, 0.6) is 0 Å². The van der Waals surface area contributed by atoms with Gasteiger partial charge in [-0.25, -0.2) is 14.4 Å². The third-order valence-corrected chi connectivity index (χ3v) is 3.87. The maximum absolute atomic E-state index is 11.3. The Labute approximate surface area is 100 Å². The number of hydrogen-bond donors (Lipinski definition) is 2. The number of hydrogen-bond acceptors (Lipinski definition) is 4. The first kappa shape index (κ1) is 13.6. The van der Waals surface area contributed by atoms with Crippen molar-refractivity contribution >= 4 is 21.5 Å². The molecule has 1 heterocycles. The average Bonchev–Trinajstić information content (AvgIpc) is 2.61. The lowest BCUT2D eigenvalue weighted by molar-refractivity contribution is 0.565. The van der Waals surface area contributed by atoms with Crippen LogP contribution in [0, 0.1) is 6.92 Å². The van der Waals surface area contributed by atoms with Gasteiger partial charge in [0.15, 0.2) is 0 Å². The molecule has 0 spiro atoms. The summed E-state index contributed by atoms with van der Waals surface area (Å²) >= 11 is 1.57. The smallest absolute Gasteiger partial charge is 0.247 e. The molecule has 0 saturated carbocycles. The lowest BCUT2D eigenvalue weighted by Crippen LogP contribution is -2.37. The molecule has 1 aromatic rings. The van der Waals surface area contributed by atoms with Crippen molar-refractivity contribution in [3.05, 3.63) is 16.1 Å². The first-order valence-corrected chi connectivity index (χ1v) is 7.55. The van der Waals surface area contributed by atoms with Gasteiger partial charge in [-0.3, -0.25) is 0 Å². The Morgan fingerprint density at radius 2 is 2.06 bits per heavy atom. The summed E-state index contributed by atoms with van der Waals surface area (Å²) in [5.41, 5.74) is 0.931. The molecule has 0 aromatic carbocycles. The van der Waals surface area contributed by atoms with Gasteiger partial charge in [-0.15, -0.1) is 11.3 Å². The molecule has 0 aliphatic rings. The fourth-order valence-electron chi connectivity index (χ4n) is 1.12. The minimum absolute atomic E-state index is 0.377. The molecular weight excluding hydrogens is 246 g/mol. The van der Waals surface area contributed by atoms with Gasteiger partial charge in [0, 0.05) is 24.9 Å². The van der Waals surface area contributed by atoms with Crippen LogP contribution in [0.1, 0.15) is 24.0 Å². The molecule has 1 rings (SSSR count). The van der Waals surface area contributed by atoms with Crippen molar-refractivity contribution in [3.63, 3.8) is 0 Å². The van der Waals surface area contributed by atoms with E-state index in [2.05, 4.69) is 14.4 Å². The highest BCUT2D eigenvalue weighted by Crippen LogP contribution is 2.07. The summed E-state index contributed by atoms with van der Waals surface area (Å²) in [7, 11) is -3.33. The Hall–Kier alpha value is -0.500. The second-order valence-electron chi connectivity index (χ2n) is 3.40. The number of nitrogens with one attached hydrogen (secondary N) is 2. The maximum Gasteiger partial charge on any atom is 0.276 e. The van der Waals surface area contributed by atoms with Crippen LogP contribution in [0.2, 0.25) is 0 Å². The van der Waals surface area contributed by atoms with Crippen LogP contribution in [0.15, 0.2) is 5.38 Å². The van der Waals surface area contributed by atoms with Crippen LogP contribution in [-0.2, 0) is 16.6 Å². The van der Waals surface area contributed by atoms with Gasteiger partial charge in [0.2, 0.25) is 0 Å². The topological polar surface area (TPSA) is 71.1 Å². The number of aryl methyl sites for hydroxylation is 1. The Bertz CT molecular complexity index is 414. The molecule has 0 aliphatic heterocycles. The highest BCUT2D eigenvalue weighted by Gasteiger charge is 2.07. The van der Waals surface area contributed by atoms with Gasteiger partial charge < -0.3 is 0 Å². The molecule has 2 N–H and O–H groups in total.